The van der Waals surface area contributed by atoms with Crippen LogP contribution in [0.2, 0.25) is 0 Å². The van der Waals surface area contributed by atoms with Crippen molar-refractivity contribution in [3.63, 3.8) is 0 Å². The second-order valence-electron chi connectivity index (χ2n) is 4.45. The number of aliphatic hydroxyl groups excluding tert-OH is 1. The zero-order valence-corrected chi connectivity index (χ0v) is 10.3. The molecule has 0 aliphatic carbocycles. The van der Waals surface area contributed by atoms with Gasteiger partial charge in [0.25, 0.3) is 0 Å². The summed E-state index contributed by atoms with van der Waals surface area (Å²) in [6, 6.07) is 7.34. The molecule has 0 saturated carbocycles. The average Bonchev–Trinajstić information content (AvgIpc) is 2.38. The lowest BCUT2D eigenvalue weighted by Crippen LogP contribution is -2.00. The lowest BCUT2D eigenvalue weighted by atomic mass is 9.97. The van der Waals surface area contributed by atoms with Gasteiger partial charge in [0.05, 0.1) is 0 Å². The van der Waals surface area contributed by atoms with Gasteiger partial charge in [-0.05, 0) is 23.8 Å². The lowest BCUT2D eigenvalue weighted by molar-refractivity contribution is 0.273. The van der Waals surface area contributed by atoms with Gasteiger partial charge in [-0.3, -0.25) is 0 Å². The van der Waals surface area contributed by atoms with Gasteiger partial charge in [-0.1, -0.05) is 19.1 Å². The second kappa shape index (κ2) is 5.45. The highest BCUT2D eigenvalue weighted by Gasteiger charge is 2.13. The van der Waals surface area contributed by atoms with Crippen LogP contribution in [0, 0.1) is 17.5 Å². The van der Waals surface area contributed by atoms with Crippen molar-refractivity contribution in [3.8, 4) is 11.1 Å². The zero-order valence-electron chi connectivity index (χ0n) is 10.3. The molecule has 0 aliphatic rings. The van der Waals surface area contributed by atoms with E-state index < -0.39 is 17.5 Å². The Balaban J connectivity index is 2.46. The molecule has 2 aromatic rings. The standard InChI is InChI=1S/C15H13F3O/c1-9(8-19)10-2-4-12(14(17)6-10)13-5-3-11(16)7-15(13)18/h2-7,9,19H,8H2,1H3. The maximum absolute atomic E-state index is 14.0. The molecule has 0 spiro atoms. The molecule has 0 aromatic heterocycles. The SMILES string of the molecule is CC(CO)c1ccc(-c2ccc(F)cc2F)c(F)c1. The molecule has 0 heterocycles. The average molecular weight is 266 g/mol. The summed E-state index contributed by atoms with van der Waals surface area (Å²) in [5.41, 5.74) is 0.722. The number of rotatable bonds is 3. The Morgan fingerprint density at radius 3 is 2.05 bits per heavy atom. The molecule has 1 N–H and O–H groups in total. The molecule has 1 atom stereocenters. The highest BCUT2D eigenvalue weighted by atomic mass is 19.1. The summed E-state index contributed by atoms with van der Waals surface area (Å²) in [5.74, 6) is -2.29. The van der Waals surface area contributed by atoms with Gasteiger partial charge in [-0.25, -0.2) is 13.2 Å². The van der Waals surface area contributed by atoms with Crippen LogP contribution in [-0.2, 0) is 0 Å². The van der Waals surface area contributed by atoms with Crippen LogP contribution in [0.5, 0.6) is 0 Å². The van der Waals surface area contributed by atoms with E-state index in [1.165, 1.54) is 18.2 Å². The quantitative estimate of drug-likeness (QED) is 0.894. The first kappa shape index (κ1) is 13.6. The summed E-state index contributed by atoms with van der Waals surface area (Å²) >= 11 is 0. The molecule has 0 saturated heterocycles. The van der Waals surface area contributed by atoms with Crippen molar-refractivity contribution in [2.24, 2.45) is 0 Å². The Bertz CT molecular complexity index is 596. The molecule has 0 amide bonds. The van der Waals surface area contributed by atoms with Crippen LogP contribution in [0.1, 0.15) is 18.4 Å². The van der Waals surface area contributed by atoms with E-state index in [9.17, 15) is 13.2 Å². The Morgan fingerprint density at radius 2 is 1.53 bits per heavy atom. The van der Waals surface area contributed by atoms with Crippen molar-refractivity contribution in [1.82, 2.24) is 0 Å². The van der Waals surface area contributed by atoms with Crippen molar-refractivity contribution in [2.45, 2.75) is 12.8 Å². The van der Waals surface area contributed by atoms with Crippen molar-refractivity contribution in [1.29, 1.82) is 0 Å². The molecule has 2 aromatic carbocycles. The van der Waals surface area contributed by atoms with Gasteiger partial charge in [-0.15, -0.1) is 0 Å². The minimum Gasteiger partial charge on any atom is -0.396 e. The van der Waals surface area contributed by atoms with Crippen LogP contribution in [0.4, 0.5) is 13.2 Å². The molecule has 0 aliphatic heterocycles. The van der Waals surface area contributed by atoms with Crippen LogP contribution in [0.25, 0.3) is 11.1 Å². The first-order chi connectivity index (χ1) is 9.02. The normalized spacial score (nSPS) is 12.5. The molecular formula is C15H13F3O. The number of hydrogen-bond acceptors (Lipinski definition) is 1. The van der Waals surface area contributed by atoms with E-state index in [2.05, 4.69) is 0 Å². The molecular weight excluding hydrogens is 253 g/mol. The van der Waals surface area contributed by atoms with Crippen LogP contribution < -0.4 is 0 Å². The second-order valence-corrected chi connectivity index (χ2v) is 4.45. The van der Waals surface area contributed by atoms with Crippen LogP contribution in [0.3, 0.4) is 0 Å². The van der Waals surface area contributed by atoms with E-state index in [1.807, 2.05) is 0 Å². The smallest absolute Gasteiger partial charge is 0.134 e. The lowest BCUT2D eigenvalue weighted by Gasteiger charge is -2.11. The molecule has 1 unspecified atom stereocenters. The van der Waals surface area contributed by atoms with Gasteiger partial charge < -0.3 is 5.11 Å². The highest BCUT2D eigenvalue weighted by Crippen LogP contribution is 2.28. The molecule has 0 bridgehead atoms. The summed E-state index contributed by atoms with van der Waals surface area (Å²) in [5, 5.41) is 9.02. The molecule has 2 rings (SSSR count). The number of benzene rings is 2. The summed E-state index contributed by atoms with van der Waals surface area (Å²) < 4.78 is 40.4. The van der Waals surface area contributed by atoms with Crippen molar-refractivity contribution in [2.75, 3.05) is 6.61 Å². The minimum atomic E-state index is -0.804. The van der Waals surface area contributed by atoms with E-state index in [0.29, 0.717) is 5.56 Å². The Hall–Kier alpha value is -1.81. The van der Waals surface area contributed by atoms with Gasteiger partial charge in [0.1, 0.15) is 17.5 Å². The minimum absolute atomic E-state index is 0.0158. The summed E-state index contributed by atoms with van der Waals surface area (Å²) in [7, 11) is 0. The third-order valence-corrected chi connectivity index (χ3v) is 3.06. The summed E-state index contributed by atoms with van der Waals surface area (Å²) in [4.78, 5) is 0. The van der Waals surface area contributed by atoms with Gasteiger partial charge in [-0.2, -0.15) is 0 Å². The molecule has 0 fully saturated rings. The summed E-state index contributed by atoms with van der Waals surface area (Å²) in [6.45, 7) is 1.66. The van der Waals surface area contributed by atoms with Crippen LogP contribution >= 0.6 is 0 Å². The largest absolute Gasteiger partial charge is 0.396 e. The fraction of sp³-hybridized carbons (Fsp3) is 0.200. The predicted molar refractivity (Wildman–Crippen MR) is 67.3 cm³/mol. The van der Waals surface area contributed by atoms with Crippen LogP contribution in [0.15, 0.2) is 36.4 Å². The van der Waals surface area contributed by atoms with Crippen molar-refractivity contribution in [3.05, 3.63) is 59.4 Å². The van der Waals surface area contributed by atoms with Gasteiger partial charge in [0.15, 0.2) is 0 Å². The van der Waals surface area contributed by atoms with E-state index >= 15 is 0 Å². The summed E-state index contributed by atoms with van der Waals surface area (Å²) in [6.07, 6.45) is 0. The monoisotopic (exact) mass is 266 g/mol. The molecule has 100 valence electrons. The zero-order chi connectivity index (χ0) is 14.0. The first-order valence-electron chi connectivity index (χ1n) is 5.88. The number of halogens is 3. The van der Waals surface area contributed by atoms with Crippen LogP contribution in [-0.4, -0.2) is 11.7 Å². The van der Waals surface area contributed by atoms with Gasteiger partial charge in [0, 0.05) is 29.7 Å². The highest BCUT2D eigenvalue weighted by molar-refractivity contribution is 5.65. The van der Waals surface area contributed by atoms with Crippen molar-refractivity contribution < 1.29 is 18.3 Å². The third kappa shape index (κ3) is 2.79. The number of aliphatic hydroxyl groups is 1. The Labute approximate surface area is 109 Å². The van der Waals surface area contributed by atoms with Gasteiger partial charge >= 0.3 is 0 Å². The van der Waals surface area contributed by atoms with E-state index in [0.717, 1.165) is 12.1 Å². The fourth-order valence-corrected chi connectivity index (χ4v) is 1.87. The Morgan fingerprint density at radius 1 is 0.947 bits per heavy atom. The van der Waals surface area contributed by atoms with E-state index in [1.54, 1.807) is 13.0 Å². The first-order valence-corrected chi connectivity index (χ1v) is 5.88. The molecule has 4 heteroatoms. The molecule has 1 nitrogen and oxygen atoms in total. The Kier molecular flexibility index (Phi) is 3.90. The predicted octanol–water partition coefficient (Wildman–Crippen LogP) is 3.87. The third-order valence-electron chi connectivity index (χ3n) is 3.06. The van der Waals surface area contributed by atoms with E-state index in [4.69, 9.17) is 5.11 Å². The van der Waals surface area contributed by atoms with Crippen molar-refractivity contribution >= 4 is 0 Å². The maximum atomic E-state index is 14.0. The topological polar surface area (TPSA) is 20.2 Å². The van der Waals surface area contributed by atoms with Gasteiger partial charge in [0.2, 0.25) is 0 Å². The molecule has 19 heavy (non-hydrogen) atoms. The maximum Gasteiger partial charge on any atom is 0.134 e. The van der Waals surface area contributed by atoms with E-state index in [-0.39, 0.29) is 23.7 Å². The number of hydrogen-bond donors (Lipinski definition) is 1. The fourth-order valence-electron chi connectivity index (χ4n) is 1.87. The molecule has 0 radical (unpaired) electrons.